The van der Waals surface area contributed by atoms with Crippen molar-refractivity contribution in [2.45, 2.75) is 0 Å². The first-order valence-corrected chi connectivity index (χ1v) is 5.89. The number of hydrogen-bond acceptors (Lipinski definition) is 3. The lowest BCUT2D eigenvalue weighted by atomic mass is 10.1. The van der Waals surface area contributed by atoms with E-state index < -0.39 is 0 Å². The zero-order valence-electron chi connectivity index (χ0n) is 9.29. The van der Waals surface area contributed by atoms with E-state index in [9.17, 15) is 0 Å². The van der Waals surface area contributed by atoms with Gasteiger partial charge in [-0.3, -0.25) is 0 Å². The maximum absolute atomic E-state index is 3.56. The molecule has 0 atom stereocenters. The van der Waals surface area contributed by atoms with Gasteiger partial charge < -0.3 is 0 Å². The van der Waals surface area contributed by atoms with Gasteiger partial charge in [-0.15, -0.1) is 0 Å². The standard InChI is InChI=1S/C12H14BrN3/c1-14-16(15-2)12-8-7-11(13)9-5-3-4-6-10(9)12/h3-8,14-15H,1-2H3. The van der Waals surface area contributed by atoms with Gasteiger partial charge in [0, 0.05) is 24.0 Å². The van der Waals surface area contributed by atoms with Gasteiger partial charge in [-0.25, -0.2) is 16.0 Å². The van der Waals surface area contributed by atoms with Gasteiger partial charge in [-0.05, 0) is 17.5 Å². The largest absolute Gasteiger partial charge is 0.242 e. The quantitative estimate of drug-likeness (QED) is 0.846. The van der Waals surface area contributed by atoms with Crippen LogP contribution in [0.2, 0.25) is 0 Å². The van der Waals surface area contributed by atoms with Crippen molar-refractivity contribution in [2.24, 2.45) is 0 Å². The molecule has 0 aliphatic rings. The van der Waals surface area contributed by atoms with E-state index in [0.29, 0.717) is 0 Å². The Hall–Kier alpha value is -1.10. The van der Waals surface area contributed by atoms with Crippen molar-refractivity contribution in [1.29, 1.82) is 0 Å². The number of fused-ring (bicyclic) bond motifs is 1. The first-order chi connectivity index (χ1) is 7.77. The second kappa shape index (κ2) is 4.82. The fourth-order valence-corrected chi connectivity index (χ4v) is 2.27. The molecule has 16 heavy (non-hydrogen) atoms. The monoisotopic (exact) mass is 279 g/mol. The number of nitrogens with one attached hydrogen (secondary N) is 2. The molecule has 0 bridgehead atoms. The van der Waals surface area contributed by atoms with Crippen LogP contribution in [0.5, 0.6) is 0 Å². The molecule has 0 saturated heterocycles. The Morgan fingerprint density at radius 2 is 1.56 bits per heavy atom. The van der Waals surface area contributed by atoms with Crippen molar-refractivity contribution < 1.29 is 0 Å². The Labute approximate surface area is 104 Å². The highest BCUT2D eigenvalue weighted by Gasteiger charge is 2.08. The maximum atomic E-state index is 3.56. The molecule has 0 fully saturated rings. The van der Waals surface area contributed by atoms with Gasteiger partial charge >= 0.3 is 0 Å². The van der Waals surface area contributed by atoms with Crippen LogP contribution >= 0.6 is 15.9 Å². The molecule has 0 saturated carbocycles. The van der Waals surface area contributed by atoms with Crippen molar-refractivity contribution in [2.75, 3.05) is 19.2 Å². The van der Waals surface area contributed by atoms with Crippen LogP contribution in [-0.2, 0) is 0 Å². The summed E-state index contributed by atoms with van der Waals surface area (Å²) in [6.45, 7) is 0. The summed E-state index contributed by atoms with van der Waals surface area (Å²) < 4.78 is 1.11. The van der Waals surface area contributed by atoms with E-state index in [2.05, 4.69) is 51.0 Å². The molecule has 0 amide bonds. The maximum Gasteiger partial charge on any atom is 0.0780 e. The van der Waals surface area contributed by atoms with Crippen LogP contribution in [0.3, 0.4) is 0 Å². The molecule has 0 aliphatic carbocycles. The minimum absolute atomic E-state index is 1.10. The number of anilines is 1. The highest BCUT2D eigenvalue weighted by molar-refractivity contribution is 9.10. The van der Waals surface area contributed by atoms with Crippen LogP contribution in [0.15, 0.2) is 40.9 Å². The van der Waals surface area contributed by atoms with Gasteiger partial charge in [0.2, 0.25) is 0 Å². The van der Waals surface area contributed by atoms with Crippen molar-refractivity contribution in [3.8, 4) is 0 Å². The number of hydrazine groups is 2. The molecule has 0 unspecified atom stereocenters. The number of halogens is 1. The van der Waals surface area contributed by atoms with Crippen LogP contribution in [0.4, 0.5) is 5.69 Å². The van der Waals surface area contributed by atoms with E-state index >= 15 is 0 Å². The van der Waals surface area contributed by atoms with Crippen LogP contribution in [-0.4, -0.2) is 14.1 Å². The third-order valence-corrected chi connectivity index (χ3v) is 3.23. The van der Waals surface area contributed by atoms with Gasteiger partial charge in [0.15, 0.2) is 0 Å². The van der Waals surface area contributed by atoms with Crippen LogP contribution in [0.1, 0.15) is 0 Å². The molecular formula is C12H14BrN3. The molecule has 0 heterocycles. The lowest BCUT2D eigenvalue weighted by Crippen LogP contribution is -2.44. The topological polar surface area (TPSA) is 27.3 Å². The van der Waals surface area contributed by atoms with E-state index in [-0.39, 0.29) is 0 Å². The molecule has 0 aromatic heterocycles. The van der Waals surface area contributed by atoms with Gasteiger partial charge in [-0.2, -0.15) is 0 Å². The Kier molecular flexibility index (Phi) is 3.43. The lowest BCUT2D eigenvalue weighted by Gasteiger charge is -2.23. The SMILES string of the molecule is CNN(NC)c1ccc(Br)c2ccccc12. The minimum atomic E-state index is 1.10. The third kappa shape index (κ3) is 1.91. The summed E-state index contributed by atoms with van der Waals surface area (Å²) in [5.41, 5.74) is 7.27. The molecule has 3 nitrogen and oxygen atoms in total. The molecule has 2 aromatic rings. The van der Waals surface area contributed by atoms with Gasteiger partial charge in [-0.1, -0.05) is 40.2 Å². The summed E-state index contributed by atoms with van der Waals surface area (Å²) in [6, 6.07) is 12.4. The number of hydrogen-bond donors (Lipinski definition) is 2. The molecule has 2 aromatic carbocycles. The van der Waals surface area contributed by atoms with Crippen molar-refractivity contribution in [1.82, 2.24) is 10.9 Å². The van der Waals surface area contributed by atoms with Crippen molar-refractivity contribution in [3.63, 3.8) is 0 Å². The molecule has 4 heteroatoms. The Morgan fingerprint density at radius 3 is 2.19 bits per heavy atom. The zero-order valence-corrected chi connectivity index (χ0v) is 10.9. The Morgan fingerprint density at radius 1 is 0.938 bits per heavy atom. The molecule has 0 spiro atoms. The van der Waals surface area contributed by atoms with Crippen LogP contribution in [0, 0.1) is 0 Å². The van der Waals surface area contributed by atoms with E-state index in [1.807, 2.05) is 31.3 Å². The highest BCUT2D eigenvalue weighted by Crippen LogP contribution is 2.30. The van der Waals surface area contributed by atoms with E-state index in [0.717, 1.165) is 10.2 Å². The molecule has 84 valence electrons. The average molecular weight is 280 g/mol. The fraction of sp³-hybridized carbons (Fsp3) is 0.167. The van der Waals surface area contributed by atoms with Gasteiger partial charge in [0.05, 0.1) is 5.69 Å². The molecule has 2 rings (SSSR count). The number of nitrogens with zero attached hydrogens (tertiary/aromatic N) is 1. The highest BCUT2D eigenvalue weighted by atomic mass is 79.9. The molecule has 2 N–H and O–H groups in total. The zero-order chi connectivity index (χ0) is 11.5. The Bertz CT molecular complexity index is 495. The molecule has 0 aliphatic heterocycles. The Balaban J connectivity index is 2.66. The minimum Gasteiger partial charge on any atom is -0.242 e. The first-order valence-electron chi connectivity index (χ1n) is 5.10. The van der Waals surface area contributed by atoms with Crippen molar-refractivity contribution >= 4 is 32.4 Å². The van der Waals surface area contributed by atoms with E-state index in [1.165, 1.54) is 10.8 Å². The van der Waals surface area contributed by atoms with Gasteiger partial charge in [0.25, 0.3) is 0 Å². The summed E-state index contributed by atoms with van der Waals surface area (Å²) in [4.78, 5) is 0. The average Bonchev–Trinajstić information content (AvgIpc) is 2.34. The van der Waals surface area contributed by atoms with Crippen LogP contribution in [0.25, 0.3) is 10.8 Å². The predicted molar refractivity (Wildman–Crippen MR) is 72.2 cm³/mol. The van der Waals surface area contributed by atoms with Gasteiger partial charge in [0.1, 0.15) is 0 Å². The second-order valence-electron chi connectivity index (χ2n) is 3.39. The predicted octanol–water partition coefficient (Wildman–Crippen LogP) is 2.68. The van der Waals surface area contributed by atoms with Crippen LogP contribution < -0.4 is 16.0 Å². The first kappa shape index (κ1) is 11.4. The lowest BCUT2D eigenvalue weighted by molar-refractivity contribution is 0.626. The summed E-state index contributed by atoms with van der Waals surface area (Å²) in [5.74, 6) is 0. The van der Waals surface area contributed by atoms with E-state index in [1.54, 1.807) is 0 Å². The third-order valence-electron chi connectivity index (χ3n) is 2.54. The summed E-state index contributed by atoms with van der Waals surface area (Å²) >= 11 is 3.56. The smallest absolute Gasteiger partial charge is 0.0780 e. The summed E-state index contributed by atoms with van der Waals surface area (Å²) in [5, 5.41) is 4.28. The van der Waals surface area contributed by atoms with E-state index in [4.69, 9.17) is 0 Å². The number of benzene rings is 2. The molecular weight excluding hydrogens is 266 g/mol. The normalized spacial score (nSPS) is 10.7. The second-order valence-corrected chi connectivity index (χ2v) is 4.25. The number of rotatable bonds is 3. The molecule has 0 radical (unpaired) electrons. The van der Waals surface area contributed by atoms with Crippen molar-refractivity contribution in [3.05, 3.63) is 40.9 Å². The fourth-order valence-electron chi connectivity index (χ4n) is 1.79. The summed E-state index contributed by atoms with van der Waals surface area (Å²) in [6.07, 6.45) is 0. The summed E-state index contributed by atoms with van der Waals surface area (Å²) in [7, 11) is 3.76.